The number of rotatable bonds is 9. The fourth-order valence-corrected chi connectivity index (χ4v) is 5.75. The molecule has 0 unspecified atom stereocenters. The highest BCUT2D eigenvalue weighted by molar-refractivity contribution is 5.98. The highest BCUT2D eigenvalue weighted by atomic mass is 19.4. The first-order chi connectivity index (χ1) is 20.2. The Balaban J connectivity index is 1.31. The number of amides is 2. The van der Waals surface area contributed by atoms with Gasteiger partial charge in [-0.3, -0.25) is 4.79 Å². The summed E-state index contributed by atoms with van der Waals surface area (Å²) in [6, 6.07) is 6.57. The number of benzene rings is 1. The van der Waals surface area contributed by atoms with Crippen LogP contribution in [0.3, 0.4) is 0 Å². The van der Waals surface area contributed by atoms with E-state index in [1.807, 2.05) is 30.2 Å². The van der Waals surface area contributed by atoms with Crippen LogP contribution in [0.25, 0.3) is 10.9 Å². The van der Waals surface area contributed by atoms with Crippen molar-refractivity contribution in [1.82, 2.24) is 30.3 Å². The third-order valence-electron chi connectivity index (χ3n) is 8.10. The van der Waals surface area contributed by atoms with Gasteiger partial charge in [0.15, 0.2) is 5.82 Å². The van der Waals surface area contributed by atoms with Crippen LogP contribution in [0.1, 0.15) is 56.1 Å². The van der Waals surface area contributed by atoms with Crippen molar-refractivity contribution in [1.29, 1.82) is 0 Å². The summed E-state index contributed by atoms with van der Waals surface area (Å²) in [5, 5.41) is 13.3. The van der Waals surface area contributed by atoms with Gasteiger partial charge in [-0.15, -0.1) is 5.10 Å². The normalized spacial score (nSPS) is 19.3. The predicted octanol–water partition coefficient (Wildman–Crippen LogP) is 4.37. The molecule has 1 aliphatic heterocycles. The highest BCUT2D eigenvalue weighted by Gasteiger charge is 2.37. The van der Waals surface area contributed by atoms with E-state index in [9.17, 15) is 22.8 Å². The third-order valence-corrected chi connectivity index (χ3v) is 8.10. The molecule has 3 aromatic rings. The molecule has 0 radical (unpaired) electrons. The first-order valence-electron chi connectivity index (χ1n) is 14.3. The summed E-state index contributed by atoms with van der Waals surface area (Å²) in [6.07, 6.45) is 1.47. The zero-order valence-corrected chi connectivity index (χ0v) is 23.7. The molecule has 3 N–H and O–H groups in total. The Morgan fingerprint density at radius 2 is 1.88 bits per heavy atom. The highest BCUT2D eigenvalue weighted by Crippen LogP contribution is 2.36. The van der Waals surface area contributed by atoms with Crippen LogP contribution < -0.4 is 20.7 Å². The monoisotopic (exact) mass is 587 g/mol. The van der Waals surface area contributed by atoms with Crippen molar-refractivity contribution in [2.24, 2.45) is 0 Å². The number of hydrogen-bond acceptors (Lipinski definition) is 7. The van der Waals surface area contributed by atoms with Gasteiger partial charge in [-0.2, -0.15) is 17.9 Å². The maximum atomic E-state index is 13.6. The Hall–Kier alpha value is -3.87. The number of ether oxygens (including phenoxy) is 1. The molecule has 1 saturated heterocycles. The molecule has 1 saturated carbocycles. The molecule has 3 heterocycles. The van der Waals surface area contributed by atoms with Crippen molar-refractivity contribution in [2.45, 2.75) is 63.2 Å². The Bertz CT molecular complexity index is 1400. The number of nitrogens with zero attached hydrogens (tertiary/aromatic N) is 4. The lowest BCUT2D eigenvalue weighted by molar-refractivity contribution is -0.138. The van der Waals surface area contributed by atoms with Gasteiger partial charge < -0.3 is 25.6 Å². The summed E-state index contributed by atoms with van der Waals surface area (Å²) < 4.78 is 46.7. The predicted molar refractivity (Wildman–Crippen MR) is 152 cm³/mol. The number of fused-ring (bicyclic) bond motifs is 1. The van der Waals surface area contributed by atoms with Crippen molar-refractivity contribution < 1.29 is 27.5 Å². The first-order valence-corrected chi connectivity index (χ1v) is 14.3. The Morgan fingerprint density at radius 1 is 1.12 bits per heavy atom. The zero-order valence-electron chi connectivity index (χ0n) is 23.7. The number of nitrogens with one attached hydrogen (secondary N) is 3. The molecule has 2 aromatic heterocycles. The van der Waals surface area contributed by atoms with E-state index < -0.39 is 17.8 Å². The summed E-state index contributed by atoms with van der Waals surface area (Å²) in [5.41, 5.74) is 0.518. The van der Waals surface area contributed by atoms with Crippen molar-refractivity contribution >= 4 is 28.7 Å². The minimum Gasteiger partial charge on any atom is -0.481 e. The molecule has 13 heteroatoms. The summed E-state index contributed by atoms with van der Waals surface area (Å²) in [6.45, 7) is 3.51. The smallest absolute Gasteiger partial charge is 0.416 e. The Labute approximate surface area is 242 Å². The summed E-state index contributed by atoms with van der Waals surface area (Å²) in [7, 11) is 1.58. The van der Waals surface area contributed by atoms with Gasteiger partial charge in [0.2, 0.25) is 11.8 Å². The van der Waals surface area contributed by atoms with E-state index >= 15 is 0 Å². The van der Waals surface area contributed by atoms with Crippen LogP contribution >= 0.6 is 0 Å². The van der Waals surface area contributed by atoms with Crippen LogP contribution in [0.4, 0.5) is 23.8 Å². The molecular formula is C29H36F3N7O3. The van der Waals surface area contributed by atoms with Gasteiger partial charge in [0.25, 0.3) is 0 Å². The number of alkyl halides is 3. The number of carbonyl (C=O) groups is 2. The second kappa shape index (κ2) is 12.6. The van der Waals surface area contributed by atoms with Crippen LogP contribution in [-0.4, -0.2) is 77.0 Å². The molecule has 42 heavy (non-hydrogen) atoms. The lowest BCUT2D eigenvalue weighted by atomic mass is 9.81. The molecule has 0 bridgehead atoms. The van der Waals surface area contributed by atoms with E-state index in [0.717, 1.165) is 48.1 Å². The van der Waals surface area contributed by atoms with Crippen LogP contribution in [-0.2, 0) is 11.0 Å². The van der Waals surface area contributed by atoms with Crippen molar-refractivity contribution in [3.63, 3.8) is 0 Å². The molecule has 1 aliphatic carbocycles. The summed E-state index contributed by atoms with van der Waals surface area (Å²) in [5.74, 6) is 0.828. The summed E-state index contributed by atoms with van der Waals surface area (Å²) in [4.78, 5) is 32.6. The number of hydrogen-bond donors (Lipinski definition) is 3. The molecule has 0 atom stereocenters. The van der Waals surface area contributed by atoms with Crippen molar-refractivity contribution in [2.75, 3.05) is 38.6 Å². The van der Waals surface area contributed by atoms with E-state index in [0.29, 0.717) is 37.9 Å². The standard InChI is InChI=1S/C29H36F3N7O3/c1-3-12-34-28(41)39-24-10-7-20(29(30,31)32)13-23(24)27(37-39)36-17-26(40)38(22-15-33-16-22)21-8-4-18(5-9-21)19-6-11-25(42-2)35-14-19/h6-7,10-11,13-14,18,21-22,33H,3-5,8-9,12,15-17H2,1-2H3,(H,34,41)(H,36,37). The van der Waals surface area contributed by atoms with Crippen LogP contribution in [0.2, 0.25) is 0 Å². The number of aromatic nitrogens is 3. The van der Waals surface area contributed by atoms with Gasteiger partial charge in [-0.05, 0) is 61.8 Å². The van der Waals surface area contributed by atoms with Gasteiger partial charge in [0, 0.05) is 43.3 Å². The van der Waals surface area contributed by atoms with Gasteiger partial charge in [-0.1, -0.05) is 13.0 Å². The lowest BCUT2D eigenvalue weighted by Gasteiger charge is -2.45. The van der Waals surface area contributed by atoms with Gasteiger partial charge in [-0.25, -0.2) is 9.78 Å². The maximum Gasteiger partial charge on any atom is 0.416 e. The number of anilines is 1. The Morgan fingerprint density at radius 3 is 2.48 bits per heavy atom. The first kappa shape index (κ1) is 29.6. The molecule has 5 rings (SSSR count). The molecular weight excluding hydrogens is 551 g/mol. The summed E-state index contributed by atoms with van der Waals surface area (Å²) >= 11 is 0. The van der Waals surface area contributed by atoms with E-state index in [-0.39, 0.29) is 41.3 Å². The largest absolute Gasteiger partial charge is 0.481 e. The minimum atomic E-state index is -4.57. The second-order valence-corrected chi connectivity index (χ2v) is 10.8. The molecule has 226 valence electrons. The average Bonchev–Trinajstić information content (AvgIpc) is 3.34. The van der Waals surface area contributed by atoms with Gasteiger partial charge in [0.05, 0.1) is 30.8 Å². The number of pyridine rings is 1. The number of methoxy groups -OCH3 is 1. The quantitative estimate of drug-likeness (QED) is 0.341. The topological polar surface area (TPSA) is 113 Å². The van der Waals surface area contributed by atoms with Gasteiger partial charge >= 0.3 is 12.2 Å². The number of carbonyl (C=O) groups excluding carboxylic acids is 2. The van der Waals surface area contributed by atoms with Crippen molar-refractivity contribution in [3.05, 3.63) is 47.7 Å². The lowest BCUT2D eigenvalue weighted by Crippen LogP contribution is -2.62. The van der Waals surface area contributed by atoms with E-state index in [1.54, 1.807) is 7.11 Å². The van der Waals surface area contributed by atoms with Crippen LogP contribution in [0.5, 0.6) is 5.88 Å². The Kier molecular flexibility index (Phi) is 8.85. The van der Waals surface area contributed by atoms with Crippen molar-refractivity contribution in [3.8, 4) is 5.88 Å². The molecule has 10 nitrogen and oxygen atoms in total. The molecule has 0 spiro atoms. The third kappa shape index (κ3) is 6.30. The molecule has 1 aromatic carbocycles. The van der Waals surface area contributed by atoms with E-state index in [2.05, 4.69) is 26.0 Å². The van der Waals surface area contributed by atoms with Crippen LogP contribution in [0, 0.1) is 0 Å². The molecule has 2 amide bonds. The zero-order chi connectivity index (χ0) is 29.9. The second-order valence-electron chi connectivity index (χ2n) is 10.8. The van der Waals surface area contributed by atoms with E-state index in [1.165, 1.54) is 6.07 Å². The minimum absolute atomic E-state index is 0.0504. The van der Waals surface area contributed by atoms with Gasteiger partial charge in [0.1, 0.15) is 0 Å². The molecule has 2 aliphatic rings. The molecule has 2 fully saturated rings. The fourth-order valence-electron chi connectivity index (χ4n) is 5.75. The average molecular weight is 588 g/mol. The fraction of sp³-hybridized carbons (Fsp3) is 0.517. The SMILES string of the molecule is CCCNC(=O)n1nc(NCC(=O)N(C2CCC(c3ccc(OC)nc3)CC2)C2CNC2)c2cc(C(F)(F)F)ccc21. The maximum absolute atomic E-state index is 13.6. The van der Waals surface area contributed by atoms with E-state index in [4.69, 9.17) is 4.74 Å². The number of halogens is 3. The van der Waals surface area contributed by atoms with Crippen LogP contribution in [0.15, 0.2) is 36.5 Å².